The number of guanidine groups is 1. The van der Waals surface area contributed by atoms with Crippen molar-refractivity contribution in [1.29, 1.82) is 0 Å². The number of methoxy groups -OCH3 is 1. The average Bonchev–Trinajstić information content (AvgIpc) is 2.76. The third-order valence-electron chi connectivity index (χ3n) is 5.08. The smallest absolute Gasteiger partial charge is 0.387 e. The summed E-state index contributed by atoms with van der Waals surface area (Å²) in [6.45, 7) is 0.971. The molecule has 2 N–H and O–H groups in total. The first-order valence-corrected chi connectivity index (χ1v) is 9.94. The van der Waals surface area contributed by atoms with Crippen molar-refractivity contribution < 1.29 is 18.3 Å². The van der Waals surface area contributed by atoms with Gasteiger partial charge in [0.15, 0.2) is 5.96 Å². The van der Waals surface area contributed by atoms with E-state index in [1.807, 2.05) is 0 Å². The molecular formula is C22H28F2N4O2. The molecule has 0 saturated heterocycles. The molecule has 0 spiro atoms. The highest BCUT2D eigenvalue weighted by Crippen LogP contribution is 2.25. The molecule has 0 aliphatic carbocycles. The van der Waals surface area contributed by atoms with Crippen LogP contribution in [0.25, 0.3) is 0 Å². The molecule has 0 atom stereocenters. The summed E-state index contributed by atoms with van der Waals surface area (Å²) in [5, 5.41) is 6.42. The van der Waals surface area contributed by atoms with Crippen molar-refractivity contribution in [3.63, 3.8) is 0 Å². The fourth-order valence-electron chi connectivity index (χ4n) is 3.51. The third kappa shape index (κ3) is 6.06. The summed E-state index contributed by atoms with van der Waals surface area (Å²) in [5.74, 6) is 1.28. The van der Waals surface area contributed by atoms with Crippen molar-refractivity contribution in [1.82, 2.24) is 15.5 Å². The van der Waals surface area contributed by atoms with Crippen molar-refractivity contribution in [3.8, 4) is 11.5 Å². The van der Waals surface area contributed by atoms with E-state index in [9.17, 15) is 8.78 Å². The van der Waals surface area contributed by atoms with E-state index in [-0.39, 0.29) is 12.3 Å². The molecule has 0 saturated carbocycles. The molecule has 1 aliphatic rings. The van der Waals surface area contributed by atoms with Gasteiger partial charge in [0, 0.05) is 45.3 Å². The van der Waals surface area contributed by atoms with Crippen LogP contribution in [-0.2, 0) is 19.5 Å². The Balaban J connectivity index is 1.49. The summed E-state index contributed by atoms with van der Waals surface area (Å²) in [7, 11) is 3.20. The van der Waals surface area contributed by atoms with Gasteiger partial charge >= 0.3 is 6.61 Å². The maximum atomic E-state index is 12.7. The lowest BCUT2D eigenvalue weighted by atomic mass is 10.00. The van der Waals surface area contributed by atoms with Gasteiger partial charge in [-0.1, -0.05) is 24.3 Å². The van der Waals surface area contributed by atoms with Crippen LogP contribution in [0, 0.1) is 0 Å². The van der Waals surface area contributed by atoms with E-state index < -0.39 is 6.61 Å². The fraction of sp³-hybridized carbons (Fsp3) is 0.409. The van der Waals surface area contributed by atoms with E-state index in [2.05, 4.69) is 49.5 Å². The van der Waals surface area contributed by atoms with Crippen LogP contribution in [-0.4, -0.2) is 51.3 Å². The Labute approximate surface area is 175 Å². The van der Waals surface area contributed by atoms with Crippen LogP contribution < -0.4 is 20.1 Å². The first-order valence-electron chi connectivity index (χ1n) is 9.94. The van der Waals surface area contributed by atoms with Gasteiger partial charge in [-0.05, 0) is 35.7 Å². The molecule has 8 heteroatoms. The molecule has 0 aromatic heterocycles. The summed E-state index contributed by atoms with van der Waals surface area (Å²) < 4.78 is 35.1. The average molecular weight is 418 g/mol. The lowest BCUT2D eigenvalue weighted by Gasteiger charge is -2.28. The SMILES string of the molecule is CN=C(NCCN1CCc2ccccc2C1)NCc1cc(OC)ccc1OC(F)F. The van der Waals surface area contributed by atoms with Crippen molar-refractivity contribution in [2.75, 3.05) is 33.8 Å². The zero-order chi connectivity index (χ0) is 21.3. The number of nitrogens with one attached hydrogen (secondary N) is 2. The number of halogens is 2. The number of benzene rings is 2. The number of alkyl halides is 2. The van der Waals surface area contributed by atoms with Crippen molar-refractivity contribution in [2.24, 2.45) is 4.99 Å². The number of nitrogens with zero attached hydrogens (tertiary/aromatic N) is 2. The highest BCUT2D eigenvalue weighted by molar-refractivity contribution is 5.79. The number of hydrogen-bond donors (Lipinski definition) is 2. The maximum absolute atomic E-state index is 12.7. The maximum Gasteiger partial charge on any atom is 0.387 e. The predicted octanol–water partition coefficient (Wildman–Crippen LogP) is 3.02. The Morgan fingerprint density at radius 3 is 2.70 bits per heavy atom. The molecule has 2 aromatic carbocycles. The van der Waals surface area contributed by atoms with Crippen LogP contribution in [0.3, 0.4) is 0 Å². The van der Waals surface area contributed by atoms with Gasteiger partial charge in [0.1, 0.15) is 11.5 Å². The fourth-order valence-corrected chi connectivity index (χ4v) is 3.51. The van der Waals surface area contributed by atoms with E-state index in [1.54, 1.807) is 19.2 Å². The molecule has 162 valence electrons. The second-order valence-corrected chi connectivity index (χ2v) is 7.00. The van der Waals surface area contributed by atoms with Gasteiger partial charge in [-0.2, -0.15) is 8.78 Å². The van der Waals surface area contributed by atoms with Gasteiger partial charge < -0.3 is 20.1 Å². The Kier molecular flexibility index (Phi) is 7.84. The normalized spacial score (nSPS) is 14.4. The molecular weight excluding hydrogens is 390 g/mol. The Morgan fingerprint density at radius 1 is 1.17 bits per heavy atom. The van der Waals surface area contributed by atoms with E-state index in [0.29, 0.717) is 17.3 Å². The van der Waals surface area contributed by atoms with Crippen LogP contribution >= 0.6 is 0 Å². The summed E-state index contributed by atoms with van der Waals surface area (Å²) in [5.41, 5.74) is 3.38. The van der Waals surface area contributed by atoms with Gasteiger partial charge in [-0.15, -0.1) is 0 Å². The summed E-state index contributed by atoms with van der Waals surface area (Å²) in [6, 6.07) is 13.3. The third-order valence-corrected chi connectivity index (χ3v) is 5.08. The molecule has 3 rings (SSSR count). The quantitative estimate of drug-likeness (QED) is 0.510. The molecule has 0 bridgehead atoms. The monoisotopic (exact) mass is 418 g/mol. The van der Waals surface area contributed by atoms with E-state index in [1.165, 1.54) is 24.3 Å². The van der Waals surface area contributed by atoms with E-state index in [0.717, 1.165) is 32.6 Å². The second-order valence-electron chi connectivity index (χ2n) is 7.00. The topological polar surface area (TPSA) is 58.1 Å². The minimum atomic E-state index is -2.88. The summed E-state index contributed by atoms with van der Waals surface area (Å²) in [6.07, 6.45) is 1.06. The Morgan fingerprint density at radius 2 is 1.97 bits per heavy atom. The summed E-state index contributed by atoms with van der Waals surface area (Å²) in [4.78, 5) is 6.61. The van der Waals surface area contributed by atoms with Gasteiger partial charge in [0.2, 0.25) is 0 Å². The Bertz CT molecular complexity index is 861. The van der Waals surface area contributed by atoms with Crippen molar-refractivity contribution in [2.45, 2.75) is 26.1 Å². The van der Waals surface area contributed by atoms with Crippen LogP contribution in [0.1, 0.15) is 16.7 Å². The highest BCUT2D eigenvalue weighted by atomic mass is 19.3. The second kappa shape index (κ2) is 10.8. The summed E-state index contributed by atoms with van der Waals surface area (Å²) >= 11 is 0. The van der Waals surface area contributed by atoms with E-state index >= 15 is 0 Å². The predicted molar refractivity (Wildman–Crippen MR) is 113 cm³/mol. The van der Waals surface area contributed by atoms with Gasteiger partial charge in [0.05, 0.1) is 7.11 Å². The molecule has 6 nitrogen and oxygen atoms in total. The largest absolute Gasteiger partial charge is 0.497 e. The van der Waals surface area contributed by atoms with Gasteiger partial charge in [0.25, 0.3) is 0 Å². The van der Waals surface area contributed by atoms with Crippen molar-refractivity contribution >= 4 is 5.96 Å². The van der Waals surface area contributed by atoms with Gasteiger partial charge in [-0.25, -0.2) is 0 Å². The molecule has 30 heavy (non-hydrogen) atoms. The Hall–Kier alpha value is -2.87. The van der Waals surface area contributed by atoms with Crippen LogP contribution in [0.15, 0.2) is 47.5 Å². The number of ether oxygens (including phenoxy) is 2. The molecule has 0 unspecified atom stereocenters. The zero-order valence-electron chi connectivity index (χ0n) is 17.3. The first-order chi connectivity index (χ1) is 14.6. The molecule has 0 radical (unpaired) electrons. The molecule has 1 heterocycles. The van der Waals surface area contributed by atoms with Crippen LogP contribution in [0.2, 0.25) is 0 Å². The standard InChI is InChI=1S/C22H28F2N4O2/c1-25-22(26-10-12-28-11-9-16-5-3-4-6-17(16)15-28)27-14-18-13-19(29-2)7-8-20(18)30-21(23)24/h3-8,13,21H,9-12,14-15H2,1-2H3,(H2,25,26,27). The van der Waals surface area contributed by atoms with E-state index in [4.69, 9.17) is 4.74 Å². The number of aliphatic imine (C=N–C) groups is 1. The van der Waals surface area contributed by atoms with Crippen LogP contribution in [0.5, 0.6) is 11.5 Å². The minimum absolute atomic E-state index is 0.112. The number of rotatable bonds is 8. The number of fused-ring (bicyclic) bond motifs is 1. The lowest BCUT2D eigenvalue weighted by molar-refractivity contribution is -0.0504. The van der Waals surface area contributed by atoms with Crippen LogP contribution in [0.4, 0.5) is 8.78 Å². The first kappa shape index (κ1) is 21.8. The number of hydrogen-bond acceptors (Lipinski definition) is 4. The van der Waals surface area contributed by atoms with Gasteiger partial charge in [-0.3, -0.25) is 9.89 Å². The lowest BCUT2D eigenvalue weighted by Crippen LogP contribution is -2.42. The minimum Gasteiger partial charge on any atom is -0.497 e. The molecule has 0 fully saturated rings. The van der Waals surface area contributed by atoms with Crippen molar-refractivity contribution in [3.05, 3.63) is 59.2 Å². The molecule has 2 aromatic rings. The molecule has 1 aliphatic heterocycles. The molecule has 0 amide bonds. The highest BCUT2D eigenvalue weighted by Gasteiger charge is 2.15. The zero-order valence-corrected chi connectivity index (χ0v) is 17.3.